The SMILES string of the molecule is O=c1c(-c2ccc([N+](=O)[O-])cc2)coc2cc(O)c(O)cc12. The van der Waals surface area contributed by atoms with Crippen LogP contribution in [0.1, 0.15) is 0 Å². The van der Waals surface area contributed by atoms with E-state index in [1.54, 1.807) is 0 Å². The summed E-state index contributed by atoms with van der Waals surface area (Å²) in [6.45, 7) is 0. The predicted octanol–water partition coefficient (Wildman–Crippen LogP) is 2.78. The molecule has 1 heterocycles. The smallest absolute Gasteiger partial charge is 0.269 e. The van der Waals surface area contributed by atoms with Gasteiger partial charge in [-0.2, -0.15) is 0 Å². The number of nitrogens with zero attached hydrogens (tertiary/aromatic N) is 1. The third-order valence-electron chi connectivity index (χ3n) is 3.26. The summed E-state index contributed by atoms with van der Waals surface area (Å²) in [7, 11) is 0. The summed E-state index contributed by atoms with van der Waals surface area (Å²) in [5, 5.41) is 29.6. The molecular weight excluding hydrogens is 290 g/mol. The fraction of sp³-hybridized carbons (Fsp3) is 0. The van der Waals surface area contributed by atoms with Crippen molar-refractivity contribution in [2.24, 2.45) is 0 Å². The van der Waals surface area contributed by atoms with Crippen LogP contribution in [0.4, 0.5) is 5.69 Å². The van der Waals surface area contributed by atoms with Gasteiger partial charge in [0.25, 0.3) is 5.69 Å². The van der Waals surface area contributed by atoms with E-state index in [-0.39, 0.29) is 22.2 Å². The maximum absolute atomic E-state index is 12.4. The molecule has 0 saturated heterocycles. The van der Waals surface area contributed by atoms with Gasteiger partial charge >= 0.3 is 0 Å². The van der Waals surface area contributed by atoms with E-state index >= 15 is 0 Å². The molecule has 0 fully saturated rings. The second-order valence-corrected chi connectivity index (χ2v) is 4.62. The third-order valence-corrected chi connectivity index (χ3v) is 3.26. The van der Waals surface area contributed by atoms with Crippen LogP contribution < -0.4 is 5.43 Å². The van der Waals surface area contributed by atoms with E-state index in [9.17, 15) is 25.1 Å². The van der Waals surface area contributed by atoms with E-state index in [0.717, 1.165) is 12.1 Å². The van der Waals surface area contributed by atoms with Crippen molar-refractivity contribution < 1.29 is 19.6 Å². The molecular formula is C15H9NO6. The average Bonchev–Trinajstić information content (AvgIpc) is 2.50. The maximum Gasteiger partial charge on any atom is 0.269 e. The lowest BCUT2D eigenvalue weighted by Crippen LogP contribution is -2.04. The maximum atomic E-state index is 12.4. The molecule has 110 valence electrons. The number of non-ortho nitro benzene ring substituents is 1. The van der Waals surface area contributed by atoms with Crippen molar-refractivity contribution in [2.45, 2.75) is 0 Å². The Hall–Kier alpha value is -3.35. The first kappa shape index (κ1) is 13.6. The fourth-order valence-corrected chi connectivity index (χ4v) is 2.12. The molecule has 2 N–H and O–H groups in total. The van der Waals surface area contributed by atoms with Gasteiger partial charge in [0.15, 0.2) is 11.5 Å². The minimum Gasteiger partial charge on any atom is -0.504 e. The van der Waals surface area contributed by atoms with Crippen LogP contribution in [0.15, 0.2) is 51.9 Å². The number of phenolic OH excluding ortho intramolecular Hbond substituents is 2. The van der Waals surface area contributed by atoms with Crippen molar-refractivity contribution in [3.8, 4) is 22.6 Å². The van der Waals surface area contributed by atoms with Gasteiger partial charge in [-0.15, -0.1) is 0 Å². The summed E-state index contributed by atoms with van der Waals surface area (Å²) in [5.74, 6) is -0.820. The van der Waals surface area contributed by atoms with E-state index < -0.39 is 21.9 Å². The first-order valence-electron chi connectivity index (χ1n) is 6.19. The number of nitro groups is 1. The zero-order valence-corrected chi connectivity index (χ0v) is 11.0. The number of hydrogen-bond donors (Lipinski definition) is 2. The molecule has 0 unspecified atom stereocenters. The highest BCUT2D eigenvalue weighted by atomic mass is 16.6. The van der Waals surface area contributed by atoms with Gasteiger partial charge in [-0.1, -0.05) is 0 Å². The topological polar surface area (TPSA) is 114 Å². The lowest BCUT2D eigenvalue weighted by atomic mass is 10.0. The van der Waals surface area contributed by atoms with Gasteiger partial charge in [-0.25, -0.2) is 0 Å². The molecule has 1 aromatic heterocycles. The second-order valence-electron chi connectivity index (χ2n) is 4.62. The fourth-order valence-electron chi connectivity index (χ4n) is 2.12. The first-order valence-corrected chi connectivity index (χ1v) is 6.19. The molecule has 0 aliphatic rings. The predicted molar refractivity (Wildman–Crippen MR) is 77.9 cm³/mol. The third kappa shape index (κ3) is 2.14. The van der Waals surface area contributed by atoms with Crippen molar-refractivity contribution in [3.63, 3.8) is 0 Å². The van der Waals surface area contributed by atoms with E-state index in [1.165, 1.54) is 30.5 Å². The number of hydrogen-bond acceptors (Lipinski definition) is 6. The normalized spacial score (nSPS) is 10.7. The summed E-state index contributed by atoms with van der Waals surface area (Å²) < 4.78 is 5.29. The van der Waals surface area contributed by atoms with Gasteiger partial charge in [0, 0.05) is 18.2 Å². The first-order chi connectivity index (χ1) is 10.5. The van der Waals surface area contributed by atoms with Crippen LogP contribution in [0, 0.1) is 10.1 Å². The summed E-state index contributed by atoms with van der Waals surface area (Å²) in [5.41, 5.74) is 0.286. The quantitative estimate of drug-likeness (QED) is 0.427. The van der Waals surface area contributed by atoms with Gasteiger partial charge in [-0.3, -0.25) is 14.9 Å². The van der Waals surface area contributed by atoms with Gasteiger partial charge < -0.3 is 14.6 Å². The number of phenols is 2. The molecule has 0 bridgehead atoms. The van der Waals surface area contributed by atoms with Gasteiger partial charge in [0.05, 0.1) is 15.9 Å². The van der Waals surface area contributed by atoms with Crippen LogP contribution in [0.2, 0.25) is 0 Å². The van der Waals surface area contributed by atoms with Crippen LogP contribution in [0.25, 0.3) is 22.1 Å². The van der Waals surface area contributed by atoms with E-state index in [4.69, 9.17) is 4.42 Å². The van der Waals surface area contributed by atoms with Crippen LogP contribution in [-0.2, 0) is 0 Å². The van der Waals surface area contributed by atoms with Gasteiger partial charge in [0.2, 0.25) is 5.43 Å². The second kappa shape index (κ2) is 4.88. The van der Waals surface area contributed by atoms with Crippen LogP contribution in [-0.4, -0.2) is 15.1 Å². The van der Waals surface area contributed by atoms with Crippen molar-refractivity contribution in [1.29, 1.82) is 0 Å². The molecule has 7 heteroatoms. The van der Waals surface area contributed by atoms with Crippen LogP contribution >= 0.6 is 0 Å². The molecule has 3 rings (SSSR count). The molecule has 0 aliphatic carbocycles. The molecule has 22 heavy (non-hydrogen) atoms. The van der Waals surface area contributed by atoms with Crippen LogP contribution in [0.5, 0.6) is 11.5 Å². The lowest BCUT2D eigenvalue weighted by Gasteiger charge is -2.04. The number of rotatable bonds is 2. The minimum absolute atomic E-state index is 0.0866. The van der Waals surface area contributed by atoms with Gasteiger partial charge in [-0.05, 0) is 23.8 Å². The molecule has 0 amide bonds. The summed E-state index contributed by atoms with van der Waals surface area (Å²) >= 11 is 0. The molecule has 7 nitrogen and oxygen atoms in total. The number of fused-ring (bicyclic) bond motifs is 1. The monoisotopic (exact) mass is 299 g/mol. The highest BCUT2D eigenvalue weighted by Crippen LogP contribution is 2.30. The van der Waals surface area contributed by atoms with E-state index in [0.29, 0.717) is 5.56 Å². The minimum atomic E-state index is -0.534. The van der Waals surface area contributed by atoms with Crippen molar-refractivity contribution in [2.75, 3.05) is 0 Å². The molecule has 0 atom stereocenters. The largest absolute Gasteiger partial charge is 0.504 e. The standard InChI is InChI=1S/C15H9NO6/c17-12-5-10-14(6-13(12)18)22-7-11(15(10)19)8-1-3-9(4-2-8)16(20)21/h1-7,17-18H. The number of nitro benzene ring substituents is 1. The van der Waals surface area contributed by atoms with E-state index in [1.807, 2.05) is 0 Å². The Kier molecular flexibility index (Phi) is 3.03. The zero-order chi connectivity index (χ0) is 15.9. The summed E-state index contributed by atoms with van der Waals surface area (Å²) in [6.07, 6.45) is 1.21. The summed E-state index contributed by atoms with van der Waals surface area (Å²) in [6, 6.07) is 7.71. The Morgan fingerprint density at radius 1 is 1.05 bits per heavy atom. The zero-order valence-electron chi connectivity index (χ0n) is 11.0. The number of benzene rings is 2. The molecule has 0 radical (unpaired) electrons. The van der Waals surface area contributed by atoms with Crippen molar-refractivity contribution >= 4 is 16.7 Å². The molecule has 0 spiro atoms. The highest BCUT2D eigenvalue weighted by molar-refractivity contribution is 5.84. The highest BCUT2D eigenvalue weighted by Gasteiger charge is 2.13. The molecule has 0 aliphatic heterocycles. The number of aromatic hydroxyl groups is 2. The summed E-state index contributed by atoms with van der Waals surface area (Å²) in [4.78, 5) is 22.5. The Balaban J connectivity index is 2.19. The molecule has 0 saturated carbocycles. The van der Waals surface area contributed by atoms with E-state index in [2.05, 4.69) is 0 Å². The van der Waals surface area contributed by atoms with Crippen molar-refractivity contribution in [1.82, 2.24) is 0 Å². The Labute approximate surface area is 122 Å². The average molecular weight is 299 g/mol. The lowest BCUT2D eigenvalue weighted by molar-refractivity contribution is -0.384. The molecule has 2 aromatic carbocycles. The Morgan fingerprint density at radius 2 is 1.68 bits per heavy atom. The van der Waals surface area contributed by atoms with Crippen molar-refractivity contribution in [3.05, 3.63) is 63.0 Å². The van der Waals surface area contributed by atoms with Gasteiger partial charge in [0.1, 0.15) is 11.8 Å². The Bertz CT molecular complexity index is 943. The van der Waals surface area contributed by atoms with Crippen LogP contribution in [0.3, 0.4) is 0 Å². The Morgan fingerprint density at radius 3 is 2.32 bits per heavy atom. The molecule has 3 aromatic rings.